The largest absolute Gasteiger partial charge is 0.359 e. The van der Waals surface area contributed by atoms with Crippen molar-refractivity contribution < 1.29 is 4.74 Å². The summed E-state index contributed by atoms with van der Waals surface area (Å²) in [5.74, 6) is 0.650. The predicted octanol–water partition coefficient (Wildman–Crippen LogP) is 2.39. The molecule has 0 aliphatic carbocycles. The van der Waals surface area contributed by atoms with Gasteiger partial charge in [0.1, 0.15) is 5.56 Å². The smallest absolute Gasteiger partial charge is 0.131 e. The Balaban J connectivity index is 2.38. The Kier molecular flexibility index (Phi) is 2.36. The van der Waals surface area contributed by atoms with Crippen molar-refractivity contribution >= 4 is 11.6 Å². The van der Waals surface area contributed by atoms with E-state index in [4.69, 9.17) is 16.3 Å². The second-order valence-electron chi connectivity index (χ2n) is 2.71. The van der Waals surface area contributed by atoms with Crippen LogP contribution in [-0.2, 0) is 4.74 Å². The Morgan fingerprint density at radius 2 is 2.33 bits per heavy atom. The monoisotopic (exact) mass is 148 g/mol. The van der Waals surface area contributed by atoms with Crippen LogP contribution in [0.2, 0.25) is 0 Å². The van der Waals surface area contributed by atoms with Crippen LogP contribution < -0.4 is 0 Å². The van der Waals surface area contributed by atoms with Gasteiger partial charge in [0.15, 0.2) is 0 Å². The van der Waals surface area contributed by atoms with Gasteiger partial charge in [0.05, 0.1) is 6.10 Å². The first-order valence-corrected chi connectivity index (χ1v) is 3.97. The fourth-order valence-corrected chi connectivity index (χ4v) is 1.74. The quantitative estimate of drug-likeness (QED) is 0.519. The highest BCUT2D eigenvalue weighted by molar-refractivity contribution is 6.19. The van der Waals surface area contributed by atoms with Crippen molar-refractivity contribution in [1.82, 2.24) is 0 Å². The molecule has 0 aromatic heterocycles. The van der Waals surface area contributed by atoms with E-state index in [0.717, 1.165) is 12.8 Å². The summed E-state index contributed by atoms with van der Waals surface area (Å²) in [6.45, 7) is 4.33. The summed E-state index contributed by atoms with van der Waals surface area (Å²) in [5.41, 5.74) is -0.0232. The normalized spacial score (nSPS) is 43.7. The van der Waals surface area contributed by atoms with Crippen molar-refractivity contribution in [3.8, 4) is 0 Å². The van der Waals surface area contributed by atoms with Gasteiger partial charge in [0, 0.05) is 0 Å². The Bertz CT molecular complexity index is 94.9. The summed E-state index contributed by atoms with van der Waals surface area (Å²) in [7, 11) is 0. The molecule has 1 nitrogen and oxygen atoms in total. The fourth-order valence-electron chi connectivity index (χ4n) is 1.32. The van der Waals surface area contributed by atoms with Crippen molar-refractivity contribution in [3.63, 3.8) is 0 Å². The van der Waals surface area contributed by atoms with Crippen LogP contribution in [0.1, 0.15) is 26.7 Å². The Hall–Kier alpha value is 0.250. The molecule has 1 fully saturated rings. The third kappa shape index (κ3) is 1.59. The fraction of sp³-hybridized carbons (Fsp3) is 1.00. The van der Waals surface area contributed by atoms with Gasteiger partial charge in [0.25, 0.3) is 0 Å². The minimum atomic E-state index is -0.0232. The van der Waals surface area contributed by atoms with Gasteiger partial charge in [-0.05, 0) is 18.8 Å². The molecule has 0 amide bonds. The molecule has 1 unspecified atom stereocenters. The zero-order chi connectivity index (χ0) is 6.85. The third-order valence-electron chi connectivity index (χ3n) is 1.92. The van der Waals surface area contributed by atoms with Crippen molar-refractivity contribution in [1.29, 1.82) is 0 Å². The van der Waals surface area contributed by atoms with Crippen LogP contribution in [0.15, 0.2) is 0 Å². The minimum absolute atomic E-state index is 0.0232. The van der Waals surface area contributed by atoms with E-state index in [9.17, 15) is 0 Å². The molecular weight excluding hydrogens is 136 g/mol. The lowest BCUT2D eigenvalue weighted by Gasteiger charge is -2.09. The highest BCUT2D eigenvalue weighted by atomic mass is 35.5. The second kappa shape index (κ2) is 2.89. The topological polar surface area (TPSA) is 9.23 Å². The van der Waals surface area contributed by atoms with Crippen LogP contribution >= 0.6 is 11.6 Å². The van der Waals surface area contributed by atoms with Crippen LogP contribution in [-0.4, -0.2) is 11.7 Å². The first-order chi connectivity index (χ1) is 4.24. The molecule has 1 rings (SSSR count). The van der Waals surface area contributed by atoms with E-state index >= 15 is 0 Å². The molecule has 1 aliphatic heterocycles. The van der Waals surface area contributed by atoms with Crippen LogP contribution in [0, 0.1) is 5.92 Å². The number of rotatable bonds is 1. The summed E-state index contributed by atoms with van der Waals surface area (Å²) in [4.78, 5) is 0. The lowest BCUT2D eigenvalue weighted by atomic mass is 10.0. The summed E-state index contributed by atoms with van der Waals surface area (Å²) < 4.78 is 5.39. The van der Waals surface area contributed by atoms with Gasteiger partial charge in [-0.15, -0.1) is 0 Å². The molecule has 0 N–H and O–H groups in total. The number of halogens is 1. The lowest BCUT2D eigenvalue weighted by molar-refractivity contribution is 0.0721. The lowest BCUT2D eigenvalue weighted by Crippen LogP contribution is -2.11. The molecule has 1 heterocycles. The predicted molar refractivity (Wildman–Crippen MR) is 38.6 cm³/mol. The molecule has 1 aliphatic rings. The third-order valence-corrected chi connectivity index (χ3v) is 2.20. The first kappa shape index (κ1) is 7.36. The van der Waals surface area contributed by atoms with Crippen LogP contribution in [0.25, 0.3) is 0 Å². The molecule has 3 atom stereocenters. The van der Waals surface area contributed by atoms with E-state index in [1.807, 2.05) is 0 Å². The van der Waals surface area contributed by atoms with Gasteiger partial charge < -0.3 is 4.74 Å². The van der Waals surface area contributed by atoms with Crippen molar-refractivity contribution in [3.05, 3.63) is 0 Å². The molecule has 0 radical (unpaired) electrons. The number of hydrogen-bond donors (Lipinski definition) is 0. The highest BCUT2D eigenvalue weighted by Gasteiger charge is 2.28. The van der Waals surface area contributed by atoms with Gasteiger partial charge >= 0.3 is 0 Å². The van der Waals surface area contributed by atoms with E-state index in [2.05, 4.69) is 13.8 Å². The van der Waals surface area contributed by atoms with Gasteiger partial charge in [-0.1, -0.05) is 25.4 Å². The molecule has 0 aromatic carbocycles. The zero-order valence-corrected chi connectivity index (χ0v) is 6.69. The summed E-state index contributed by atoms with van der Waals surface area (Å²) in [6.07, 6.45) is 2.51. The van der Waals surface area contributed by atoms with Crippen molar-refractivity contribution in [2.45, 2.75) is 38.4 Å². The van der Waals surface area contributed by atoms with Crippen LogP contribution in [0.3, 0.4) is 0 Å². The van der Waals surface area contributed by atoms with E-state index in [1.165, 1.54) is 0 Å². The van der Waals surface area contributed by atoms with E-state index in [-0.39, 0.29) is 5.56 Å². The van der Waals surface area contributed by atoms with Crippen molar-refractivity contribution in [2.75, 3.05) is 0 Å². The van der Waals surface area contributed by atoms with Crippen LogP contribution in [0.4, 0.5) is 0 Å². The molecule has 0 aromatic rings. The number of alkyl halides is 1. The molecule has 0 spiro atoms. The molecule has 2 heteroatoms. The first-order valence-electron chi connectivity index (χ1n) is 3.53. The highest BCUT2D eigenvalue weighted by Crippen LogP contribution is 2.29. The molecule has 9 heavy (non-hydrogen) atoms. The molecule has 1 saturated heterocycles. The van der Waals surface area contributed by atoms with Crippen molar-refractivity contribution in [2.24, 2.45) is 5.92 Å². The van der Waals surface area contributed by atoms with E-state index in [0.29, 0.717) is 12.0 Å². The van der Waals surface area contributed by atoms with E-state index < -0.39 is 0 Å². The SMILES string of the molecule is CC[C@@H]1O[C@@H](Cl)CC1C. The molecular formula is C7H13ClO. The molecule has 54 valence electrons. The average Bonchev–Trinajstić information content (AvgIpc) is 2.10. The minimum Gasteiger partial charge on any atom is -0.359 e. The maximum absolute atomic E-state index is 5.76. The molecule has 0 bridgehead atoms. The Labute approximate surface area is 61.3 Å². The Morgan fingerprint density at radius 1 is 1.67 bits per heavy atom. The standard InChI is InChI=1S/C7H13ClO/c1-3-6-5(2)4-7(8)9-6/h5-7H,3-4H2,1-2H3/t5?,6-,7+/m0/s1. The summed E-state index contributed by atoms with van der Waals surface area (Å²) in [6, 6.07) is 0. The summed E-state index contributed by atoms with van der Waals surface area (Å²) in [5, 5.41) is 0. The van der Waals surface area contributed by atoms with E-state index in [1.54, 1.807) is 0 Å². The number of ether oxygens (including phenoxy) is 1. The zero-order valence-electron chi connectivity index (χ0n) is 5.93. The Morgan fingerprint density at radius 3 is 2.56 bits per heavy atom. The van der Waals surface area contributed by atoms with Gasteiger partial charge in [-0.3, -0.25) is 0 Å². The maximum Gasteiger partial charge on any atom is 0.131 e. The van der Waals surface area contributed by atoms with Gasteiger partial charge in [0.2, 0.25) is 0 Å². The summed E-state index contributed by atoms with van der Waals surface area (Å²) >= 11 is 5.76. The van der Waals surface area contributed by atoms with Gasteiger partial charge in [-0.2, -0.15) is 0 Å². The number of hydrogen-bond acceptors (Lipinski definition) is 1. The second-order valence-corrected chi connectivity index (χ2v) is 3.19. The van der Waals surface area contributed by atoms with Gasteiger partial charge in [-0.25, -0.2) is 0 Å². The molecule has 0 saturated carbocycles. The average molecular weight is 149 g/mol. The maximum atomic E-state index is 5.76. The van der Waals surface area contributed by atoms with Crippen LogP contribution in [0.5, 0.6) is 0 Å².